The largest absolute Gasteiger partial charge is 0.459 e. The third-order valence-corrected chi connectivity index (χ3v) is 5.92. The van der Waals surface area contributed by atoms with Gasteiger partial charge in [-0.25, -0.2) is 8.42 Å². The first kappa shape index (κ1) is 18.2. The fourth-order valence-electron chi connectivity index (χ4n) is 3.12. The van der Waals surface area contributed by atoms with Crippen LogP contribution in [0.15, 0.2) is 68.9 Å². The van der Waals surface area contributed by atoms with Gasteiger partial charge in [-0.05, 0) is 31.2 Å². The maximum absolute atomic E-state index is 12.2. The van der Waals surface area contributed by atoms with Crippen molar-refractivity contribution in [2.24, 2.45) is 4.99 Å². The molecule has 8 heteroatoms. The van der Waals surface area contributed by atoms with Gasteiger partial charge in [0.15, 0.2) is 0 Å². The predicted molar refractivity (Wildman–Crippen MR) is 106 cm³/mol. The number of amidine groups is 1. The highest BCUT2D eigenvalue weighted by atomic mass is 32.2. The molecule has 1 unspecified atom stereocenters. The number of benzene rings is 2. The van der Waals surface area contributed by atoms with Crippen molar-refractivity contribution in [2.45, 2.75) is 24.3 Å². The van der Waals surface area contributed by atoms with Crippen LogP contribution in [-0.4, -0.2) is 26.7 Å². The molecule has 1 amide bonds. The molecule has 0 saturated carbocycles. The summed E-state index contributed by atoms with van der Waals surface area (Å²) < 4.78 is 32.3. The number of nitrogens with zero attached hydrogens (tertiary/aromatic N) is 1. The van der Waals surface area contributed by atoms with Crippen LogP contribution in [0.25, 0.3) is 11.0 Å². The van der Waals surface area contributed by atoms with Gasteiger partial charge >= 0.3 is 0 Å². The lowest BCUT2D eigenvalue weighted by Crippen LogP contribution is -2.27. The Kier molecular flexibility index (Phi) is 4.64. The summed E-state index contributed by atoms with van der Waals surface area (Å²) in [5, 5.41) is 3.86. The fourth-order valence-corrected chi connectivity index (χ4v) is 4.37. The number of aliphatic imine (C=N–C) groups is 1. The average Bonchev–Trinajstić information content (AvgIpc) is 3.21. The van der Waals surface area contributed by atoms with Crippen LogP contribution >= 0.6 is 0 Å². The minimum Gasteiger partial charge on any atom is -0.459 e. The minimum absolute atomic E-state index is 0.137. The highest BCUT2D eigenvalue weighted by Crippen LogP contribution is 2.24. The molecule has 2 heterocycles. The highest BCUT2D eigenvalue weighted by molar-refractivity contribution is 7.90. The van der Waals surface area contributed by atoms with Gasteiger partial charge in [0.2, 0.25) is 5.91 Å². The standard InChI is InChI=1S/C20H19N3O4S/c1-13(17-12-14-6-2-4-8-16(14)27-17)22-19(24)10-11-21-20-15-7-3-5-9-18(15)28(25,26)23-20/h2-9,12-13H,10-11H2,1H3,(H,21,23)(H,22,24). The number of hydrogen-bond donors (Lipinski definition) is 2. The number of para-hydroxylation sites is 1. The van der Waals surface area contributed by atoms with Gasteiger partial charge in [-0.2, -0.15) is 0 Å². The number of rotatable bonds is 5. The third-order valence-electron chi connectivity index (χ3n) is 4.52. The summed E-state index contributed by atoms with van der Waals surface area (Å²) in [4.78, 5) is 16.7. The zero-order valence-corrected chi connectivity index (χ0v) is 16.0. The Morgan fingerprint density at radius 2 is 1.93 bits per heavy atom. The van der Waals surface area contributed by atoms with E-state index in [0.29, 0.717) is 11.3 Å². The van der Waals surface area contributed by atoms with Crippen molar-refractivity contribution >= 4 is 32.7 Å². The predicted octanol–water partition coefficient (Wildman–Crippen LogP) is 2.74. The smallest absolute Gasteiger partial charge is 0.263 e. The van der Waals surface area contributed by atoms with Crippen LogP contribution in [0.2, 0.25) is 0 Å². The van der Waals surface area contributed by atoms with Crippen molar-refractivity contribution in [3.8, 4) is 0 Å². The molecule has 2 N–H and O–H groups in total. The zero-order chi connectivity index (χ0) is 19.7. The number of nitrogens with one attached hydrogen (secondary N) is 2. The average molecular weight is 397 g/mol. The first-order valence-corrected chi connectivity index (χ1v) is 10.4. The first-order chi connectivity index (χ1) is 13.4. The molecule has 2 aromatic carbocycles. The molecule has 1 aliphatic heterocycles. The Hall–Kier alpha value is -3.13. The first-order valence-electron chi connectivity index (χ1n) is 8.88. The number of carbonyl (C=O) groups excluding carboxylic acids is 1. The highest BCUT2D eigenvalue weighted by Gasteiger charge is 2.29. The van der Waals surface area contributed by atoms with Gasteiger partial charge in [-0.15, -0.1) is 0 Å². The molecular weight excluding hydrogens is 378 g/mol. The van der Waals surface area contributed by atoms with Crippen LogP contribution < -0.4 is 10.0 Å². The topological polar surface area (TPSA) is 101 Å². The zero-order valence-electron chi connectivity index (χ0n) is 15.2. The van der Waals surface area contributed by atoms with E-state index in [2.05, 4.69) is 15.0 Å². The molecule has 144 valence electrons. The molecule has 0 saturated heterocycles. The Balaban J connectivity index is 1.38. The van der Waals surface area contributed by atoms with E-state index in [1.807, 2.05) is 37.3 Å². The maximum atomic E-state index is 12.2. The Bertz CT molecular complexity index is 1150. The molecule has 1 aliphatic rings. The lowest BCUT2D eigenvalue weighted by Gasteiger charge is -2.10. The number of amides is 1. The molecule has 7 nitrogen and oxygen atoms in total. The Morgan fingerprint density at radius 1 is 1.18 bits per heavy atom. The van der Waals surface area contributed by atoms with Gasteiger partial charge in [0, 0.05) is 17.4 Å². The summed E-state index contributed by atoms with van der Waals surface area (Å²) in [6.07, 6.45) is 0.137. The van der Waals surface area contributed by atoms with E-state index in [-0.39, 0.29) is 35.6 Å². The van der Waals surface area contributed by atoms with Gasteiger partial charge in [0.1, 0.15) is 17.2 Å². The van der Waals surface area contributed by atoms with Crippen molar-refractivity contribution in [2.75, 3.05) is 6.54 Å². The second-order valence-electron chi connectivity index (χ2n) is 6.56. The molecule has 3 aromatic rings. The van der Waals surface area contributed by atoms with Gasteiger partial charge in [-0.3, -0.25) is 14.5 Å². The molecule has 0 fully saturated rings. The van der Waals surface area contributed by atoms with Crippen LogP contribution in [0.3, 0.4) is 0 Å². The summed E-state index contributed by atoms with van der Waals surface area (Å²) >= 11 is 0. The summed E-state index contributed by atoms with van der Waals surface area (Å²) in [7, 11) is -3.57. The van der Waals surface area contributed by atoms with E-state index >= 15 is 0 Å². The summed E-state index contributed by atoms with van der Waals surface area (Å²) in [6.45, 7) is 2.02. The molecule has 0 aliphatic carbocycles. The molecule has 1 atom stereocenters. The van der Waals surface area contributed by atoms with Crippen molar-refractivity contribution < 1.29 is 17.6 Å². The van der Waals surface area contributed by atoms with E-state index in [9.17, 15) is 13.2 Å². The van der Waals surface area contributed by atoms with Gasteiger partial charge < -0.3 is 9.73 Å². The monoisotopic (exact) mass is 397 g/mol. The summed E-state index contributed by atoms with van der Waals surface area (Å²) in [5.74, 6) is 0.763. The maximum Gasteiger partial charge on any atom is 0.263 e. The van der Waals surface area contributed by atoms with Crippen LogP contribution in [0.1, 0.15) is 30.7 Å². The molecule has 4 rings (SSSR count). The van der Waals surface area contributed by atoms with E-state index in [0.717, 1.165) is 11.0 Å². The quantitative estimate of drug-likeness (QED) is 0.691. The number of fused-ring (bicyclic) bond motifs is 2. The van der Waals surface area contributed by atoms with Gasteiger partial charge in [-0.1, -0.05) is 30.3 Å². The number of carbonyl (C=O) groups is 1. The number of hydrogen-bond acceptors (Lipinski definition) is 5. The van der Waals surface area contributed by atoms with E-state index in [1.165, 1.54) is 6.07 Å². The van der Waals surface area contributed by atoms with Crippen LogP contribution in [0, 0.1) is 0 Å². The van der Waals surface area contributed by atoms with E-state index < -0.39 is 10.0 Å². The summed E-state index contributed by atoms with van der Waals surface area (Å²) in [5.41, 5.74) is 1.30. The second kappa shape index (κ2) is 7.12. The fraction of sp³-hybridized carbons (Fsp3) is 0.200. The molecule has 28 heavy (non-hydrogen) atoms. The Labute approximate surface area is 162 Å². The lowest BCUT2D eigenvalue weighted by molar-refractivity contribution is -0.121. The van der Waals surface area contributed by atoms with Crippen LogP contribution in [0.5, 0.6) is 0 Å². The van der Waals surface area contributed by atoms with Crippen molar-refractivity contribution in [1.29, 1.82) is 0 Å². The van der Waals surface area contributed by atoms with E-state index in [4.69, 9.17) is 4.42 Å². The third kappa shape index (κ3) is 3.50. The number of sulfonamides is 1. The van der Waals surface area contributed by atoms with E-state index in [1.54, 1.807) is 18.2 Å². The SMILES string of the molecule is CC(NC(=O)CCN=C1NS(=O)(=O)c2ccccc21)c1cc2ccccc2o1. The van der Waals surface area contributed by atoms with Crippen molar-refractivity contribution in [3.63, 3.8) is 0 Å². The molecule has 0 radical (unpaired) electrons. The van der Waals surface area contributed by atoms with Crippen LogP contribution in [-0.2, 0) is 14.8 Å². The van der Waals surface area contributed by atoms with Gasteiger partial charge in [0.05, 0.1) is 17.5 Å². The number of furan rings is 1. The normalized spacial score (nSPS) is 17.2. The van der Waals surface area contributed by atoms with Gasteiger partial charge in [0.25, 0.3) is 10.0 Å². The molecule has 0 bridgehead atoms. The molecule has 1 aromatic heterocycles. The molecular formula is C20H19N3O4S. The molecule has 0 spiro atoms. The summed E-state index contributed by atoms with van der Waals surface area (Å²) in [6, 6.07) is 15.9. The van der Waals surface area contributed by atoms with Crippen LogP contribution in [0.4, 0.5) is 0 Å². The minimum atomic E-state index is -3.57. The second-order valence-corrected chi connectivity index (χ2v) is 8.21. The van der Waals surface area contributed by atoms with Crippen molar-refractivity contribution in [1.82, 2.24) is 10.0 Å². The lowest BCUT2D eigenvalue weighted by atomic mass is 10.2. The van der Waals surface area contributed by atoms with Crippen molar-refractivity contribution in [3.05, 3.63) is 65.9 Å². The Morgan fingerprint density at radius 3 is 2.75 bits per heavy atom.